The highest BCUT2D eigenvalue weighted by Crippen LogP contribution is 2.49. The molecule has 1 aliphatic carbocycles. The summed E-state index contributed by atoms with van der Waals surface area (Å²) in [7, 11) is 0. The maximum atomic E-state index is 9.96. The fourth-order valence-corrected chi connectivity index (χ4v) is 2.33. The first-order valence-corrected chi connectivity index (χ1v) is 5.91. The molecule has 0 atom stereocenters. The van der Waals surface area contributed by atoms with Crippen LogP contribution in [0.5, 0.6) is 17.2 Å². The number of benzene rings is 1. The van der Waals surface area contributed by atoms with Crippen LogP contribution >= 0.6 is 15.9 Å². The van der Waals surface area contributed by atoms with E-state index in [2.05, 4.69) is 15.9 Å². The third-order valence-electron chi connectivity index (χ3n) is 3.02. The largest absolute Gasteiger partial charge is 0.506 e. The molecule has 5 heteroatoms. The molecule has 1 heterocycles. The quantitative estimate of drug-likeness (QED) is 0.873. The molecule has 2 aliphatic rings. The van der Waals surface area contributed by atoms with Gasteiger partial charge in [-0.05, 0) is 28.8 Å². The highest BCUT2D eigenvalue weighted by Gasteiger charge is 2.42. The second kappa shape index (κ2) is 3.28. The number of halogens is 1. The van der Waals surface area contributed by atoms with Crippen molar-refractivity contribution < 1.29 is 19.7 Å². The molecule has 0 bridgehead atoms. The predicted molar refractivity (Wildman–Crippen MR) is 59.8 cm³/mol. The van der Waals surface area contributed by atoms with Crippen LogP contribution in [-0.4, -0.2) is 22.6 Å². The molecule has 0 radical (unpaired) electrons. The lowest BCUT2D eigenvalue weighted by Crippen LogP contribution is -2.11. The lowest BCUT2D eigenvalue weighted by atomic mass is 10.0. The van der Waals surface area contributed by atoms with Crippen molar-refractivity contribution in [2.24, 2.45) is 0 Å². The average Bonchev–Trinajstić information content (AvgIpc) is 2.77. The van der Waals surface area contributed by atoms with Gasteiger partial charge >= 0.3 is 0 Å². The van der Waals surface area contributed by atoms with Gasteiger partial charge in [0.05, 0.1) is 10.1 Å². The fraction of sp³-hybridized carbons (Fsp3) is 0.455. The van der Waals surface area contributed by atoms with Gasteiger partial charge in [0.2, 0.25) is 6.79 Å². The van der Waals surface area contributed by atoms with Gasteiger partial charge in [0.15, 0.2) is 11.5 Å². The minimum Gasteiger partial charge on any atom is -0.506 e. The van der Waals surface area contributed by atoms with Crippen LogP contribution in [0.3, 0.4) is 0 Å². The van der Waals surface area contributed by atoms with Crippen LogP contribution < -0.4 is 9.47 Å². The standard InChI is InChI=1S/C11H11BrO4/c12-7-3-8-10(16-5-15-8)6(9(7)13)4-11(14)1-2-11/h3,13-14H,1-2,4-5H2. The number of phenols is 1. The van der Waals surface area contributed by atoms with E-state index in [1.807, 2.05) is 0 Å². The lowest BCUT2D eigenvalue weighted by Gasteiger charge is -2.13. The second-order valence-corrected chi connectivity index (χ2v) is 5.17. The van der Waals surface area contributed by atoms with Crippen LogP contribution in [0.25, 0.3) is 0 Å². The molecule has 1 aliphatic heterocycles. The molecule has 1 aromatic rings. The molecule has 1 fully saturated rings. The Balaban J connectivity index is 2.07. The van der Waals surface area contributed by atoms with E-state index >= 15 is 0 Å². The summed E-state index contributed by atoms with van der Waals surface area (Å²) in [5.41, 5.74) is -0.0419. The molecular formula is C11H11BrO4. The van der Waals surface area contributed by atoms with Crippen molar-refractivity contribution in [2.75, 3.05) is 6.79 Å². The lowest BCUT2D eigenvalue weighted by molar-refractivity contribution is 0.146. The van der Waals surface area contributed by atoms with Crippen molar-refractivity contribution in [3.05, 3.63) is 16.1 Å². The fourth-order valence-electron chi connectivity index (χ4n) is 1.88. The second-order valence-electron chi connectivity index (χ2n) is 4.32. The Morgan fingerprint density at radius 2 is 2.12 bits per heavy atom. The summed E-state index contributed by atoms with van der Waals surface area (Å²) >= 11 is 3.26. The molecule has 4 nitrogen and oxygen atoms in total. The Labute approximate surface area is 101 Å². The molecule has 1 saturated carbocycles. The van der Waals surface area contributed by atoms with E-state index in [1.54, 1.807) is 6.07 Å². The molecule has 2 N–H and O–H groups in total. The number of rotatable bonds is 2. The van der Waals surface area contributed by atoms with E-state index < -0.39 is 5.60 Å². The maximum absolute atomic E-state index is 9.96. The van der Waals surface area contributed by atoms with Crippen LogP contribution in [-0.2, 0) is 6.42 Å². The van der Waals surface area contributed by atoms with Crippen molar-refractivity contribution in [3.8, 4) is 17.2 Å². The van der Waals surface area contributed by atoms with Gasteiger partial charge in [0.25, 0.3) is 0 Å². The Bertz CT molecular complexity index is 454. The van der Waals surface area contributed by atoms with E-state index in [4.69, 9.17) is 9.47 Å². The van der Waals surface area contributed by atoms with Gasteiger partial charge in [-0.2, -0.15) is 0 Å². The summed E-state index contributed by atoms with van der Waals surface area (Å²) in [6.45, 7) is 0.163. The molecule has 0 saturated heterocycles. The van der Waals surface area contributed by atoms with Crippen molar-refractivity contribution in [3.63, 3.8) is 0 Å². The number of fused-ring (bicyclic) bond motifs is 1. The van der Waals surface area contributed by atoms with Gasteiger partial charge < -0.3 is 19.7 Å². The van der Waals surface area contributed by atoms with Crippen molar-refractivity contribution >= 4 is 15.9 Å². The number of hydrogen-bond acceptors (Lipinski definition) is 4. The minimum absolute atomic E-state index is 0.129. The molecule has 3 rings (SSSR count). The minimum atomic E-state index is -0.669. The van der Waals surface area contributed by atoms with Crippen LogP contribution in [0, 0.1) is 0 Å². The van der Waals surface area contributed by atoms with Gasteiger partial charge in [-0.3, -0.25) is 0 Å². The SMILES string of the molecule is Oc1c(Br)cc2c(c1CC1(O)CC1)OCO2. The highest BCUT2D eigenvalue weighted by molar-refractivity contribution is 9.10. The number of hydrogen-bond donors (Lipinski definition) is 2. The van der Waals surface area contributed by atoms with Gasteiger partial charge in [-0.1, -0.05) is 0 Å². The summed E-state index contributed by atoms with van der Waals surface area (Å²) in [6, 6.07) is 1.68. The van der Waals surface area contributed by atoms with E-state index in [9.17, 15) is 10.2 Å². The normalized spacial score (nSPS) is 19.9. The van der Waals surface area contributed by atoms with Crippen LogP contribution in [0.15, 0.2) is 10.5 Å². The molecule has 0 spiro atoms. The summed E-state index contributed by atoms with van der Waals surface area (Å²) < 4.78 is 11.2. The van der Waals surface area contributed by atoms with E-state index in [0.717, 1.165) is 12.8 Å². The van der Waals surface area contributed by atoms with Gasteiger partial charge in [0.1, 0.15) is 5.75 Å². The van der Waals surface area contributed by atoms with Gasteiger partial charge in [-0.15, -0.1) is 0 Å². The zero-order valence-electron chi connectivity index (χ0n) is 8.49. The molecule has 0 unspecified atom stereocenters. The average molecular weight is 287 g/mol. The Kier molecular flexibility index (Phi) is 2.09. The summed E-state index contributed by atoms with van der Waals surface area (Å²) in [5, 5.41) is 19.9. The molecule has 0 amide bonds. The Hall–Kier alpha value is -0.940. The first kappa shape index (κ1) is 10.2. The molecule has 0 aromatic heterocycles. The first-order chi connectivity index (χ1) is 7.59. The van der Waals surface area contributed by atoms with Crippen LogP contribution in [0.4, 0.5) is 0 Å². The van der Waals surface area contributed by atoms with E-state index in [0.29, 0.717) is 28.0 Å². The molecular weight excluding hydrogens is 276 g/mol. The number of ether oxygens (including phenoxy) is 2. The van der Waals surface area contributed by atoms with Gasteiger partial charge in [0, 0.05) is 18.1 Å². The maximum Gasteiger partial charge on any atom is 0.231 e. The summed E-state index contributed by atoms with van der Waals surface area (Å²) in [4.78, 5) is 0. The first-order valence-electron chi connectivity index (χ1n) is 5.11. The predicted octanol–water partition coefficient (Wildman–Crippen LogP) is 1.95. The van der Waals surface area contributed by atoms with Crippen LogP contribution in [0.2, 0.25) is 0 Å². The van der Waals surface area contributed by atoms with E-state index in [-0.39, 0.29) is 12.5 Å². The monoisotopic (exact) mass is 286 g/mol. The smallest absolute Gasteiger partial charge is 0.231 e. The number of phenolic OH excluding ortho intramolecular Hbond substituents is 1. The van der Waals surface area contributed by atoms with Crippen molar-refractivity contribution in [2.45, 2.75) is 24.9 Å². The third kappa shape index (κ3) is 1.55. The summed E-state index contributed by atoms with van der Waals surface area (Å²) in [6.07, 6.45) is 1.95. The van der Waals surface area contributed by atoms with Crippen molar-refractivity contribution in [1.29, 1.82) is 0 Å². The van der Waals surface area contributed by atoms with Crippen molar-refractivity contribution in [1.82, 2.24) is 0 Å². The Morgan fingerprint density at radius 3 is 2.81 bits per heavy atom. The van der Waals surface area contributed by atoms with Crippen LogP contribution in [0.1, 0.15) is 18.4 Å². The number of aromatic hydroxyl groups is 1. The summed E-state index contributed by atoms with van der Waals surface area (Å²) in [5.74, 6) is 1.30. The van der Waals surface area contributed by atoms with E-state index in [1.165, 1.54) is 0 Å². The molecule has 1 aromatic carbocycles. The topological polar surface area (TPSA) is 58.9 Å². The zero-order valence-corrected chi connectivity index (χ0v) is 10.1. The number of aliphatic hydroxyl groups is 1. The Morgan fingerprint density at radius 1 is 1.38 bits per heavy atom. The highest BCUT2D eigenvalue weighted by atomic mass is 79.9. The van der Waals surface area contributed by atoms with Gasteiger partial charge in [-0.25, -0.2) is 0 Å². The molecule has 16 heavy (non-hydrogen) atoms. The molecule has 86 valence electrons. The zero-order chi connectivity index (χ0) is 11.3. The third-order valence-corrected chi connectivity index (χ3v) is 3.62.